The second-order valence-electron chi connectivity index (χ2n) is 18.6. The summed E-state index contributed by atoms with van der Waals surface area (Å²) in [7, 11) is 0. The molecule has 4 aliphatic carbocycles. The summed E-state index contributed by atoms with van der Waals surface area (Å²) in [6.07, 6.45) is 17.7. The van der Waals surface area contributed by atoms with Crippen LogP contribution >= 0.6 is 0 Å². The normalized spacial score (nSPS) is 15.4. The van der Waals surface area contributed by atoms with Crippen LogP contribution in [0.2, 0.25) is 0 Å². The van der Waals surface area contributed by atoms with Gasteiger partial charge in [-0.1, -0.05) is 157 Å². The van der Waals surface area contributed by atoms with Crippen LogP contribution in [0, 0.1) is 0 Å². The highest BCUT2D eigenvalue weighted by Gasteiger charge is 2.52. The average molecular weight is 839 g/mol. The predicted octanol–water partition coefficient (Wildman–Crippen LogP) is 17.7. The van der Waals surface area contributed by atoms with Crippen molar-refractivity contribution in [1.82, 2.24) is 0 Å². The number of benzene rings is 8. The van der Waals surface area contributed by atoms with E-state index in [1.54, 1.807) is 11.1 Å². The van der Waals surface area contributed by atoms with Gasteiger partial charge in [0.05, 0.1) is 5.41 Å². The Kier molecular flexibility index (Phi) is 10.2. The minimum Gasteiger partial charge on any atom is -0.310 e. The molecule has 1 spiro atoms. The first kappa shape index (κ1) is 39.4. The van der Waals surface area contributed by atoms with Crippen molar-refractivity contribution in [2.24, 2.45) is 0 Å². The zero-order valence-electron chi connectivity index (χ0n) is 37.1. The summed E-state index contributed by atoms with van der Waals surface area (Å²) in [5.74, 6) is 0. The van der Waals surface area contributed by atoms with Crippen molar-refractivity contribution >= 4 is 46.3 Å². The highest BCUT2D eigenvalue weighted by atomic mass is 15.1. The Morgan fingerprint density at radius 3 is 1.05 bits per heavy atom. The fraction of sp³-hybridized carbons (Fsp3) is 0.175. The highest BCUT2D eigenvalue weighted by molar-refractivity contribution is 5.97. The van der Waals surface area contributed by atoms with E-state index in [4.69, 9.17) is 0 Å². The van der Waals surface area contributed by atoms with Crippen molar-refractivity contribution in [3.63, 3.8) is 0 Å². The Labute approximate surface area is 384 Å². The number of fused-ring (bicyclic) bond motifs is 10. The molecular weight excluding hydrogens is 785 g/mol. The molecule has 65 heavy (non-hydrogen) atoms. The lowest BCUT2D eigenvalue weighted by molar-refractivity contribution is 0.602. The van der Waals surface area contributed by atoms with Gasteiger partial charge in [0.2, 0.25) is 0 Å². The van der Waals surface area contributed by atoms with E-state index in [9.17, 15) is 0 Å². The van der Waals surface area contributed by atoms with Gasteiger partial charge in [0.1, 0.15) is 0 Å². The van der Waals surface area contributed by atoms with Crippen LogP contribution in [-0.4, -0.2) is 0 Å². The molecule has 8 aromatic rings. The van der Waals surface area contributed by atoms with Gasteiger partial charge in [0.15, 0.2) is 0 Å². The predicted molar refractivity (Wildman–Crippen MR) is 274 cm³/mol. The fourth-order valence-corrected chi connectivity index (χ4v) is 11.7. The van der Waals surface area contributed by atoms with E-state index in [0.29, 0.717) is 0 Å². The highest BCUT2D eigenvalue weighted by Crippen LogP contribution is 2.64. The van der Waals surface area contributed by atoms with Crippen LogP contribution in [0.4, 0.5) is 34.1 Å². The third-order valence-corrected chi connectivity index (χ3v) is 14.6. The van der Waals surface area contributed by atoms with Gasteiger partial charge in [-0.25, -0.2) is 0 Å². The third-order valence-electron chi connectivity index (χ3n) is 14.6. The Hall–Kier alpha value is -7.16. The lowest BCUT2D eigenvalue weighted by atomic mass is 9.70. The van der Waals surface area contributed by atoms with Gasteiger partial charge in [-0.15, -0.1) is 0 Å². The van der Waals surface area contributed by atoms with Crippen molar-refractivity contribution in [3.8, 4) is 22.3 Å². The average Bonchev–Trinajstić information content (AvgIpc) is 3.83. The molecule has 2 saturated carbocycles. The summed E-state index contributed by atoms with van der Waals surface area (Å²) in [6.45, 7) is 0. The number of allylic oxidation sites excluding steroid dienone is 2. The summed E-state index contributed by atoms with van der Waals surface area (Å²) in [6, 6.07) is 73.0. The second-order valence-corrected chi connectivity index (χ2v) is 18.6. The Bertz CT molecular complexity index is 2860. The van der Waals surface area contributed by atoms with E-state index in [2.05, 4.69) is 216 Å². The third kappa shape index (κ3) is 6.95. The molecule has 0 bridgehead atoms. The molecule has 0 aliphatic heterocycles. The molecular formula is C63H54N2. The largest absolute Gasteiger partial charge is 0.310 e. The number of rotatable bonds is 8. The van der Waals surface area contributed by atoms with Crippen molar-refractivity contribution in [2.45, 2.75) is 69.6 Å². The Balaban J connectivity index is 1.02. The smallest absolute Gasteiger partial charge is 0.0727 e. The van der Waals surface area contributed by atoms with E-state index < -0.39 is 5.41 Å². The molecule has 0 saturated heterocycles. The standard InChI is InChI=1S/C63H54N2/c1-5-17-45(18-6-1)41-47-29-33-51(34-30-47)64(49-21-9-3-10-22-49)53-37-39-57-55-25-13-15-27-59(55)63(61(57)43-53)60-28-16-14-26-56(60)58-40-38-54(44-62(58)63)65(50-23-11-4-12-24-50)52-35-31-48(32-36-52)42-46-19-7-2-8-20-46/h3-4,9-16,21-44H,1-2,5-8,17-20H2. The van der Waals surface area contributed by atoms with Gasteiger partial charge in [0, 0.05) is 34.1 Å². The first-order chi connectivity index (χ1) is 32.2. The van der Waals surface area contributed by atoms with Crippen molar-refractivity contribution in [1.29, 1.82) is 0 Å². The van der Waals surface area contributed by atoms with Gasteiger partial charge in [-0.3, -0.25) is 0 Å². The van der Waals surface area contributed by atoms with Gasteiger partial charge < -0.3 is 9.80 Å². The first-order valence-electron chi connectivity index (χ1n) is 24.0. The Morgan fingerprint density at radius 2 is 0.631 bits per heavy atom. The maximum atomic E-state index is 2.51. The quantitative estimate of drug-likeness (QED) is 0.150. The van der Waals surface area contributed by atoms with Crippen LogP contribution in [0.3, 0.4) is 0 Å². The first-order valence-corrected chi connectivity index (χ1v) is 24.0. The minimum absolute atomic E-state index is 0.527. The molecule has 0 unspecified atom stereocenters. The molecule has 4 aliphatic rings. The molecule has 0 amide bonds. The zero-order chi connectivity index (χ0) is 43.2. The molecule has 2 heteroatoms. The minimum atomic E-state index is -0.527. The maximum absolute atomic E-state index is 2.51. The molecule has 0 heterocycles. The number of hydrogen-bond donors (Lipinski definition) is 0. The monoisotopic (exact) mass is 838 g/mol. The molecule has 0 aromatic heterocycles. The number of para-hydroxylation sites is 2. The van der Waals surface area contributed by atoms with Crippen molar-refractivity contribution < 1.29 is 0 Å². The van der Waals surface area contributed by atoms with E-state index in [1.807, 2.05) is 0 Å². The van der Waals surface area contributed by atoms with Crippen LogP contribution in [0.25, 0.3) is 34.4 Å². The van der Waals surface area contributed by atoms with Crippen molar-refractivity contribution in [2.75, 3.05) is 9.80 Å². The molecule has 2 fully saturated rings. The number of anilines is 6. The fourth-order valence-electron chi connectivity index (χ4n) is 11.7. The number of hydrogen-bond acceptors (Lipinski definition) is 2. The topological polar surface area (TPSA) is 6.48 Å². The molecule has 0 atom stereocenters. The number of nitrogens with zero attached hydrogens (tertiary/aromatic N) is 2. The van der Waals surface area contributed by atoms with Crippen LogP contribution in [0.5, 0.6) is 0 Å². The molecule has 8 aromatic carbocycles. The molecule has 316 valence electrons. The van der Waals surface area contributed by atoms with Gasteiger partial charge in [0.25, 0.3) is 0 Å². The van der Waals surface area contributed by atoms with Crippen LogP contribution in [0.1, 0.15) is 97.6 Å². The zero-order valence-corrected chi connectivity index (χ0v) is 37.1. The Morgan fingerprint density at radius 1 is 0.292 bits per heavy atom. The van der Waals surface area contributed by atoms with Gasteiger partial charge in [-0.2, -0.15) is 0 Å². The molecule has 12 rings (SSSR count). The lowest BCUT2D eigenvalue weighted by Gasteiger charge is -2.33. The summed E-state index contributed by atoms with van der Waals surface area (Å²) >= 11 is 0. The van der Waals surface area contributed by atoms with E-state index >= 15 is 0 Å². The van der Waals surface area contributed by atoms with Crippen LogP contribution in [-0.2, 0) is 5.41 Å². The lowest BCUT2D eigenvalue weighted by Crippen LogP contribution is -2.26. The maximum Gasteiger partial charge on any atom is 0.0727 e. The van der Waals surface area contributed by atoms with E-state index in [1.165, 1.54) is 120 Å². The summed E-state index contributed by atoms with van der Waals surface area (Å²) in [5.41, 5.74) is 22.6. The van der Waals surface area contributed by atoms with Crippen LogP contribution < -0.4 is 9.80 Å². The second kappa shape index (κ2) is 16.8. The van der Waals surface area contributed by atoms with E-state index in [0.717, 1.165) is 34.1 Å². The van der Waals surface area contributed by atoms with Crippen LogP contribution in [0.15, 0.2) is 205 Å². The van der Waals surface area contributed by atoms with Gasteiger partial charge in [-0.05, 0) is 180 Å². The molecule has 0 radical (unpaired) electrons. The van der Waals surface area contributed by atoms with E-state index in [-0.39, 0.29) is 0 Å². The van der Waals surface area contributed by atoms with Crippen molar-refractivity contribution in [3.05, 3.63) is 239 Å². The molecule has 0 N–H and O–H groups in total. The summed E-state index contributed by atoms with van der Waals surface area (Å²) in [5, 5.41) is 0. The molecule has 2 nitrogen and oxygen atoms in total. The summed E-state index contributed by atoms with van der Waals surface area (Å²) < 4.78 is 0. The summed E-state index contributed by atoms with van der Waals surface area (Å²) in [4.78, 5) is 4.88. The SMILES string of the molecule is C(=C1CCCCC1)c1ccc(N(c2ccccc2)c2ccc3c(c2)C2(c4ccccc4-3)c3ccccc3-c3ccc(N(c4ccccc4)c4ccc(C=C5CCCCC5)cc4)cc32)cc1. The van der Waals surface area contributed by atoms with Gasteiger partial charge >= 0.3 is 0 Å².